The van der Waals surface area contributed by atoms with Crippen molar-refractivity contribution in [1.82, 2.24) is 24.3 Å². The summed E-state index contributed by atoms with van der Waals surface area (Å²) in [5.41, 5.74) is 4.81. The van der Waals surface area contributed by atoms with Gasteiger partial charge in [-0.1, -0.05) is 24.3 Å². The Morgan fingerprint density at radius 3 is 2.53 bits per heavy atom. The number of nitrogens with zero attached hydrogens (tertiary/aromatic N) is 6. The van der Waals surface area contributed by atoms with E-state index in [0.717, 1.165) is 58.7 Å². The van der Waals surface area contributed by atoms with Crippen LogP contribution in [0.25, 0.3) is 40.0 Å². The molecule has 11 heteroatoms. The first-order valence-corrected chi connectivity index (χ1v) is 14.0. The summed E-state index contributed by atoms with van der Waals surface area (Å²) >= 11 is 0. The number of aromatic nitrogens is 5. The van der Waals surface area contributed by atoms with Gasteiger partial charge in [-0.25, -0.2) is 28.4 Å². The third kappa shape index (κ3) is 5.06. The summed E-state index contributed by atoms with van der Waals surface area (Å²) in [5.74, 6) is 1.03. The number of imidazole rings is 1. The van der Waals surface area contributed by atoms with Gasteiger partial charge in [0, 0.05) is 36.4 Å². The molecule has 5 aromatic rings. The first kappa shape index (κ1) is 24.0. The Bertz CT molecular complexity index is 1760. The molecule has 1 aliphatic heterocycles. The minimum atomic E-state index is -3.41. The van der Waals surface area contributed by atoms with Crippen molar-refractivity contribution in [2.75, 3.05) is 42.2 Å². The van der Waals surface area contributed by atoms with Gasteiger partial charge < -0.3 is 9.64 Å². The zero-order chi connectivity index (χ0) is 26.1. The van der Waals surface area contributed by atoms with Gasteiger partial charge in [-0.15, -0.1) is 0 Å². The quantitative estimate of drug-likeness (QED) is 0.355. The van der Waals surface area contributed by atoms with Crippen LogP contribution in [0.4, 0.5) is 11.6 Å². The van der Waals surface area contributed by atoms with Crippen LogP contribution in [-0.4, -0.2) is 65.3 Å². The maximum atomic E-state index is 11.6. The van der Waals surface area contributed by atoms with Crippen molar-refractivity contribution in [2.45, 2.75) is 0 Å². The van der Waals surface area contributed by atoms with Gasteiger partial charge in [-0.3, -0.25) is 9.12 Å². The molecule has 1 N–H and O–H groups in total. The van der Waals surface area contributed by atoms with Crippen LogP contribution in [0.5, 0.6) is 0 Å². The Morgan fingerprint density at radius 1 is 0.921 bits per heavy atom. The molecule has 1 aromatic carbocycles. The summed E-state index contributed by atoms with van der Waals surface area (Å²) in [6.07, 6.45) is 10.3. The Morgan fingerprint density at radius 2 is 1.74 bits per heavy atom. The third-order valence-electron chi connectivity index (χ3n) is 6.20. The molecule has 1 saturated heterocycles. The molecule has 0 atom stereocenters. The average molecular weight is 528 g/mol. The van der Waals surface area contributed by atoms with E-state index in [-0.39, 0.29) is 5.82 Å². The molecule has 192 valence electrons. The smallest absolute Gasteiger partial charge is 0.230 e. The van der Waals surface area contributed by atoms with Crippen molar-refractivity contribution in [1.29, 1.82) is 0 Å². The molecule has 0 saturated carbocycles. The second-order valence-corrected chi connectivity index (χ2v) is 10.7. The topological polar surface area (TPSA) is 115 Å². The van der Waals surface area contributed by atoms with E-state index in [0.29, 0.717) is 18.9 Å². The van der Waals surface area contributed by atoms with Crippen molar-refractivity contribution in [3.63, 3.8) is 0 Å². The van der Waals surface area contributed by atoms with Crippen LogP contribution in [0.1, 0.15) is 11.4 Å². The summed E-state index contributed by atoms with van der Waals surface area (Å²) < 4.78 is 33.0. The second kappa shape index (κ2) is 9.84. The SMILES string of the molecule is CS(=O)(=O)Nc1ccc(-c2cnc(N3CCOCC3)c3nc(/C=C/c4ccc5ccccc5n4)cn23)cn1. The average Bonchev–Trinajstić information content (AvgIpc) is 3.36. The number of rotatable bonds is 6. The van der Waals surface area contributed by atoms with E-state index in [1.165, 1.54) is 0 Å². The molecule has 4 aromatic heterocycles. The molecule has 0 radical (unpaired) electrons. The van der Waals surface area contributed by atoms with Crippen molar-refractivity contribution in [2.24, 2.45) is 0 Å². The number of anilines is 2. The number of pyridine rings is 2. The number of ether oxygens (including phenoxy) is 1. The molecular formula is C27H25N7O3S. The number of benzene rings is 1. The summed E-state index contributed by atoms with van der Waals surface area (Å²) in [5, 5.41) is 1.09. The predicted octanol–water partition coefficient (Wildman–Crippen LogP) is 3.72. The fraction of sp³-hybridized carbons (Fsp3) is 0.185. The standard InChI is InChI=1S/C27H25N7O3S/c1-38(35,36)32-25-11-7-20(16-28-25)24-17-29-26(33-12-14-37-15-13-33)27-31-22(18-34(24)27)10-9-21-8-6-19-4-2-3-5-23(19)30-21/h2-11,16-18H,12-15H2,1H3,(H,28,32)/b10-9+. The minimum absolute atomic E-state index is 0.252. The highest BCUT2D eigenvalue weighted by molar-refractivity contribution is 7.92. The lowest BCUT2D eigenvalue weighted by atomic mass is 10.2. The number of morpholine rings is 1. The first-order chi connectivity index (χ1) is 18.4. The lowest BCUT2D eigenvalue weighted by Crippen LogP contribution is -2.37. The van der Waals surface area contributed by atoms with Crippen LogP contribution in [-0.2, 0) is 14.8 Å². The fourth-order valence-corrected chi connectivity index (χ4v) is 4.92. The van der Waals surface area contributed by atoms with Gasteiger partial charge in [-0.2, -0.15) is 0 Å². The Balaban J connectivity index is 1.40. The second-order valence-electron chi connectivity index (χ2n) is 8.99. The van der Waals surface area contributed by atoms with E-state index >= 15 is 0 Å². The van der Waals surface area contributed by atoms with Crippen LogP contribution in [0, 0.1) is 0 Å². The summed E-state index contributed by atoms with van der Waals surface area (Å²) in [7, 11) is -3.41. The molecular weight excluding hydrogens is 502 g/mol. The van der Waals surface area contributed by atoms with Gasteiger partial charge in [-0.05, 0) is 36.4 Å². The number of nitrogens with one attached hydrogen (secondary N) is 1. The number of para-hydroxylation sites is 1. The number of hydrogen-bond donors (Lipinski definition) is 1. The van der Waals surface area contributed by atoms with E-state index in [2.05, 4.69) is 20.7 Å². The highest BCUT2D eigenvalue weighted by Crippen LogP contribution is 2.27. The zero-order valence-corrected chi connectivity index (χ0v) is 21.5. The molecule has 0 spiro atoms. The van der Waals surface area contributed by atoms with Gasteiger partial charge in [0.1, 0.15) is 5.82 Å². The zero-order valence-electron chi connectivity index (χ0n) is 20.7. The third-order valence-corrected chi connectivity index (χ3v) is 6.78. The number of hydrogen-bond acceptors (Lipinski definition) is 8. The van der Waals surface area contributed by atoms with Crippen LogP contribution in [0.2, 0.25) is 0 Å². The summed E-state index contributed by atoms with van der Waals surface area (Å²) in [4.78, 5) is 20.8. The van der Waals surface area contributed by atoms with E-state index in [9.17, 15) is 8.42 Å². The van der Waals surface area contributed by atoms with Crippen molar-refractivity contribution >= 4 is 50.4 Å². The van der Waals surface area contributed by atoms with E-state index in [1.54, 1.807) is 24.5 Å². The van der Waals surface area contributed by atoms with E-state index in [4.69, 9.17) is 19.7 Å². The van der Waals surface area contributed by atoms with Gasteiger partial charge in [0.25, 0.3) is 0 Å². The summed E-state index contributed by atoms with van der Waals surface area (Å²) in [6.45, 7) is 2.73. The minimum Gasteiger partial charge on any atom is -0.378 e. The van der Waals surface area contributed by atoms with Gasteiger partial charge in [0.05, 0.1) is 48.3 Å². The van der Waals surface area contributed by atoms with E-state index in [1.807, 2.05) is 53.1 Å². The molecule has 6 rings (SSSR count). The van der Waals surface area contributed by atoms with Gasteiger partial charge in [0.15, 0.2) is 11.5 Å². The molecule has 0 unspecified atom stereocenters. The maximum Gasteiger partial charge on any atom is 0.230 e. The Labute approximate surface area is 219 Å². The Kier molecular flexibility index (Phi) is 6.22. The van der Waals surface area contributed by atoms with Crippen LogP contribution in [0.15, 0.2) is 67.1 Å². The monoisotopic (exact) mass is 527 g/mol. The highest BCUT2D eigenvalue weighted by Gasteiger charge is 2.19. The molecule has 0 amide bonds. The number of fused-ring (bicyclic) bond motifs is 2. The lowest BCUT2D eigenvalue weighted by molar-refractivity contribution is 0.122. The Hall–Kier alpha value is -4.35. The predicted molar refractivity (Wildman–Crippen MR) is 148 cm³/mol. The normalized spacial score (nSPS) is 14.5. The largest absolute Gasteiger partial charge is 0.378 e. The van der Waals surface area contributed by atoms with Crippen LogP contribution >= 0.6 is 0 Å². The molecule has 10 nitrogen and oxygen atoms in total. The lowest BCUT2D eigenvalue weighted by Gasteiger charge is -2.28. The van der Waals surface area contributed by atoms with Crippen LogP contribution in [0.3, 0.4) is 0 Å². The number of sulfonamides is 1. The molecule has 1 aliphatic rings. The maximum absolute atomic E-state index is 11.6. The van der Waals surface area contributed by atoms with Gasteiger partial charge >= 0.3 is 0 Å². The first-order valence-electron chi connectivity index (χ1n) is 12.1. The van der Waals surface area contributed by atoms with Crippen molar-refractivity contribution in [3.05, 3.63) is 78.5 Å². The molecule has 1 fully saturated rings. The van der Waals surface area contributed by atoms with E-state index < -0.39 is 10.0 Å². The molecule has 5 heterocycles. The molecule has 38 heavy (non-hydrogen) atoms. The molecule has 0 bridgehead atoms. The van der Waals surface area contributed by atoms with Gasteiger partial charge in [0.2, 0.25) is 10.0 Å². The highest BCUT2D eigenvalue weighted by atomic mass is 32.2. The fourth-order valence-electron chi connectivity index (χ4n) is 4.42. The van der Waals surface area contributed by atoms with Crippen molar-refractivity contribution < 1.29 is 13.2 Å². The van der Waals surface area contributed by atoms with Crippen LogP contribution < -0.4 is 9.62 Å². The summed E-state index contributed by atoms with van der Waals surface area (Å²) in [6, 6.07) is 15.5. The van der Waals surface area contributed by atoms with Crippen molar-refractivity contribution in [3.8, 4) is 11.3 Å². The molecule has 0 aliphatic carbocycles.